The van der Waals surface area contributed by atoms with E-state index in [1.165, 1.54) is 18.4 Å². The summed E-state index contributed by atoms with van der Waals surface area (Å²) in [6.07, 6.45) is 3.38. The lowest BCUT2D eigenvalue weighted by molar-refractivity contribution is 0.411. The van der Waals surface area contributed by atoms with Crippen LogP contribution in [0.4, 0.5) is 0 Å². The van der Waals surface area contributed by atoms with Crippen LogP contribution in [0.2, 0.25) is 0 Å². The van der Waals surface area contributed by atoms with Crippen LogP contribution in [0.5, 0.6) is 0 Å². The summed E-state index contributed by atoms with van der Waals surface area (Å²) in [6.45, 7) is 0. The number of rotatable bonds is 4. The Balaban J connectivity index is 1.86. The SMILES string of the molecule is CS(=O)(=O)c1ccc(-c2nc(C(N)C3CC3)no2)cc1. The average Bonchev–Trinajstić information content (AvgIpc) is 3.14. The number of aromatic nitrogens is 2. The van der Waals surface area contributed by atoms with Gasteiger partial charge in [-0.1, -0.05) is 5.16 Å². The monoisotopic (exact) mass is 293 g/mol. The zero-order chi connectivity index (χ0) is 14.3. The highest BCUT2D eigenvalue weighted by Gasteiger charge is 2.32. The Kier molecular flexibility index (Phi) is 3.10. The van der Waals surface area contributed by atoms with Crippen molar-refractivity contribution in [2.45, 2.75) is 23.8 Å². The molecule has 1 fully saturated rings. The average molecular weight is 293 g/mol. The summed E-state index contributed by atoms with van der Waals surface area (Å²) < 4.78 is 28.0. The largest absolute Gasteiger partial charge is 0.334 e. The van der Waals surface area contributed by atoms with Crippen molar-refractivity contribution in [3.63, 3.8) is 0 Å². The predicted octanol–water partition coefficient (Wildman–Crippen LogP) is 1.55. The normalized spacial score (nSPS) is 17.1. The number of sulfone groups is 1. The fourth-order valence-corrected chi connectivity index (χ4v) is 2.63. The van der Waals surface area contributed by atoms with Crippen molar-refractivity contribution in [3.8, 4) is 11.5 Å². The van der Waals surface area contributed by atoms with Crippen molar-refractivity contribution in [1.82, 2.24) is 10.1 Å². The Morgan fingerprint density at radius 1 is 1.30 bits per heavy atom. The van der Waals surface area contributed by atoms with Crippen LogP contribution in [-0.2, 0) is 9.84 Å². The molecular formula is C13H15N3O3S. The molecule has 2 aromatic rings. The Labute approximate surface area is 116 Å². The van der Waals surface area contributed by atoms with Crippen LogP contribution in [0.3, 0.4) is 0 Å². The van der Waals surface area contributed by atoms with Gasteiger partial charge < -0.3 is 10.3 Å². The molecular weight excluding hydrogens is 278 g/mol. The van der Waals surface area contributed by atoms with Crippen molar-refractivity contribution in [1.29, 1.82) is 0 Å². The molecule has 0 saturated heterocycles. The first-order chi connectivity index (χ1) is 9.45. The summed E-state index contributed by atoms with van der Waals surface area (Å²) in [5.41, 5.74) is 6.69. The highest BCUT2D eigenvalue weighted by molar-refractivity contribution is 7.90. The number of hydrogen-bond donors (Lipinski definition) is 1. The molecule has 20 heavy (non-hydrogen) atoms. The third-order valence-electron chi connectivity index (χ3n) is 3.40. The summed E-state index contributed by atoms with van der Waals surface area (Å²) in [5, 5.41) is 3.90. The van der Waals surface area contributed by atoms with Gasteiger partial charge in [-0.3, -0.25) is 0 Å². The summed E-state index contributed by atoms with van der Waals surface area (Å²) in [5.74, 6) is 1.32. The van der Waals surface area contributed by atoms with Gasteiger partial charge in [0.15, 0.2) is 15.7 Å². The Morgan fingerprint density at radius 2 is 1.95 bits per heavy atom. The van der Waals surface area contributed by atoms with E-state index < -0.39 is 9.84 Å². The molecule has 0 spiro atoms. The molecule has 6 nitrogen and oxygen atoms in total. The molecule has 1 aliphatic rings. The second-order valence-corrected chi connectivity index (χ2v) is 7.13. The lowest BCUT2D eigenvalue weighted by Crippen LogP contribution is -2.13. The van der Waals surface area contributed by atoms with E-state index in [0.717, 1.165) is 12.8 Å². The van der Waals surface area contributed by atoms with E-state index in [1.54, 1.807) is 12.1 Å². The van der Waals surface area contributed by atoms with E-state index in [0.29, 0.717) is 23.2 Å². The fraction of sp³-hybridized carbons (Fsp3) is 0.385. The molecule has 1 aromatic carbocycles. The molecule has 7 heteroatoms. The fourth-order valence-electron chi connectivity index (χ4n) is 2.00. The van der Waals surface area contributed by atoms with Crippen LogP contribution in [-0.4, -0.2) is 24.8 Å². The van der Waals surface area contributed by atoms with Crippen molar-refractivity contribution in [2.75, 3.05) is 6.26 Å². The summed E-state index contributed by atoms with van der Waals surface area (Å²) in [7, 11) is -3.20. The van der Waals surface area contributed by atoms with Gasteiger partial charge in [0.2, 0.25) is 0 Å². The number of nitrogens with two attached hydrogens (primary N) is 1. The first-order valence-electron chi connectivity index (χ1n) is 6.35. The first-order valence-corrected chi connectivity index (χ1v) is 8.24. The van der Waals surface area contributed by atoms with Crippen LogP contribution in [0.1, 0.15) is 24.7 Å². The van der Waals surface area contributed by atoms with Crippen molar-refractivity contribution in [3.05, 3.63) is 30.1 Å². The zero-order valence-electron chi connectivity index (χ0n) is 11.0. The third kappa shape index (κ3) is 2.59. The van der Waals surface area contributed by atoms with E-state index in [9.17, 15) is 8.42 Å². The zero-order valence-corrected chi connectivity index (χ0v) is 11.8. The van der Waals surface area contributed by atoms with Gasteiger partial charge in [-0.25, -0.2) is 8.42 Å². The van der Waals surface area contributed by atoms with Crippen LogP contribution in [0, 0.1) is 5.92 Å². The van der Waals surface area contributed by atoms with E-state index in [2.05, 4.69) is 10.1 Å². The molecule has 1 heterocycles. The first kappa shape index (κ1) is 13.3. The topological polar surface area (TPSA) is 99.1 Å². The standard InChI is InChI=1S/C13H15N3O3S/c1-20(17,18)10-6-4-9(5-7-10)13-15-12(16-19-13)11(14)8-2-3-8/h4-8,11H,2-3,14H2,1H3. The highest BCUT2D eigenvalue weighted by Crippen LogP contribution is 2.38. The molecule has 0 amide bonds. The number of benzene rings is 1. The molecule has 0 aliphatic heterocycles. The van der Waals surface area contributed by atoms with Gasteiger partial charge in [0.1, 0.15) is 0 Å². The third-order valence-corrected chi connectivity index (χ3v) is 4.53. The maximum Gasteiger partial charge on any atom is 0.257 e. The minimum atomic E-state index is -3.20. The van der Waals surface area contributed by atoms with Gasteiger partial charge in [0.05, 0.1) is 10.9 Å². The molecule has 3 rings (SSSR count). The molecule has 1 aromatic heterocycles. The second kappa shape index (κ2) is 4.68. The molecule has 1 saturated carbocycles. The van der Waals surface area contributed by atoms with Crippen LogP contribution in [0.15, 0.2) is 33.7 Å². The van der Waals surface area contributed by atoms with Gasteiger partial charge in [0, 0.05) is 11.8 Å². The molecule has 106 valence electrons. The lowest BCUT2D eigenvalue weighted by Gasteiger charge is -2.02. The van der Waals surface area contributed by atoms with Gasteiger partial charge in [-0.05, 0) is 43.0 Å². The van der Waals surface area contributed by atoms with Crippen molar-refractivity contribution in [2.24, 2.45) is 11.7 Å². The van der Waals surface area contributed by atoms with E-state index >= 15 is 0 Å². The molecule has 1 atom stereocenters. The van der Waals surface area contributed by atoms with Crippen LogP contribution < -0.4 is 5.73 Å². The number of hydrogen-bond acceptors (Lipinski definition) is 6. The lowest BCUT2D eigenvalue weighted by atomic mass is 10.2. The molecule has 0 bridgehead atoms. The molecule has 1 unspecified atom stereocenters. The second-order valence-electron chi connectivity index (χ2n) is 5.12. The van der Waals surface area contributed by atoms with Gasteiger partial charge in [-0.2, -0.15) is 4.98 Å². The predicted molar refractivity (Wildman–Crippen MR) is 72.5 cm³/mol. The Hall–Kier alpha value is -1.73. The smallest absolute Gasteiger partial charge is 0.257 e. The van der Waals surface area contributed by atoms with Crippen LogP contribution in [0.25, 0.3) is 11.5 Å². The number of nitrogens with zero attached hydrogens (tertiary/aromatic N) is 2. The Bertz CT molecular complexity index is 718. The molecule has 1 aliphatic carbocycles. The summed E-state index contributed by atoms with van der Waals surface area (Å²) in [6, 6.07) is 6.17. The van der Waals surface area contributed by atoms with E-state index in [-0.39, 0.29) is 10.9 Å². The highest BCUT2D eigenvalue weighted by atomic mass is 32.2. The molecule has 2 N–H and O–H groups in total. The van der Waals surface area contributed by atoms with E-state index in [1.807, 2.05) is 0 Å². The van der Waals surface area contributed by atoms with E-state index in [4.69, 9.17) is 10.3 Å². The maximum atomic E-state index is 11.4. The minimum Gasteiger partial charge on any atom is -0.334 e. The van der Waals surface area contributed by atoms with Gasteiger partial charge in [-0.15, -0.1) is 0 Å². The summed E-state index contributed by atoms with van der Waals surface area (Å²) in [4.78, 5) is 4.54. The Morgan fingerprint density at radius 3 is 2.50 bits per heavy atom. The van der Waals surface area contributed by atoms with Gasteiger partial charge >= 0.3 is 0 Å². The van der Waals surface area contributed by atoms with Crippen molar-refractivity contribution >= 4 is 9.84 Å². The van der Waals surface area contributed by atoms with Gasteiger partial charge in [0.25, 0.3) is 5.89 Å². The van der Waals surface area contributed by atoms with Crippen LogP contribution >= 0.6 is 0 Å². The summed E-state index contributed by atoms with van der Waals surface area (Å²) >= 11 is 0. The molecule has 0 radical (unpaired) electrons. The quantitative estimate of drug-likeness (QED) is 0.918. The minimum absolute atomic E-state index is 0.178. The maximum absolute atomic E-state index is 11.4. The van der Waals surface area contributed by atoms with Crippen molar-refractivity contribution < 1.29 is 12.9 Å².